The van der Waals surface area contributed by atoms with E-state index in [-0.39, 0.29) is 41.0 Å². The third-order valence-corrected chi connectivity index (χ3v) is 5.59. The molecule has 1 fully saturated rings. The van der Waals surface area contributed by atoms with Crippen molar-refractivity contribution in [3.8, 4) is 17.2 Å². The molecule has 1 aromatic carbocycles. The minimum absolute atomic E-state index is 0.0575. The predicted molar refractivity (Wildman–Crippen MR) is 116 cm³/mol. The Bertz CT molecular complexity index is 876. The van der Waals surface area contributed by atoms with Gasteiger partial charge in [-0.2, -0.15) is 0 Å². The van der Waals surface area contributed by atoms with Crippen LogP contribution >= 0.6 is 24.0 Å². The number of carboxylic acids is 1. The first-order valence-electron chi connectivity index (χ1n) is 8.91. The summed E-state index contributed by atoms with van der Waals surface area (Å²) in [6.07, 6.45) is 1.80. The monoisotopic (exact) mass is 454 g/mol. The lowest BCUT2D eigenvalue weighted by Gasteiger charge is -2.22. The number of aliphatic carboxylic acids is 1. The van der Waals surface area contributed by atoms with E-state index in [4.69, 9.17) is 26.8 Å². The molecular formula is C19H22N2O7S2. The molecule has 30 heavy (non-hydrogen) atoms. The smallest absolute Gasteiger partial charge is 0.303 e. The standard InChI is InChI=1S/C19H22N2O7S2/c1-10(17(25)20-6-4-5-15(22)23)21-18(26)14(30-19(21)29)9-11-7-12(27-2)16(24)13(8-11)28-3/h7-10,24H,4-6H2,1-3H3,(H,20,25)(H,22,23)/b14-9-. The number of phenols is 1. The molecule has 162 valence electrons. The largest absolute Gasteiger partial charge is 0.502 e. The van der Waals surface area contributed by atoms with Crippen LogP contribution in [0, 0.1) is 0 Å². The normalized spacial score (nSPS) is 16.0. The van der Waals surface area contributed by atoms with Crippen molar-refractivity contribution in [2.24, 2.45) is 0 Å². The number of carbonyl (C=O) groups excluding carboxylic acids is 2. The van der Waals surface area contributed by atoms with Crippen molar-refractivity contribution in [2.75, 3.05) is 20.8 Å². The number of benzene rings is 1. The van der Waals surface area contributed by atoms with Gasteiger partial charge in [-0.15, -0.1) is 0 Å². The fourth-order valence-corrected chi connectivity index (χ4v) is 4.10. The first-order chi connectivity index (χ1) is 14.2. The van der Waals surface area contributed by atoms with Gasteiger partial charge in [0.15, 0.2) is 11.5 Å². The zero-order chi connectivity index (χ0) is 22.4. The second kappa shape index (κ2) is 10.3. The van der Waals surface area contributed by atoms with Gasteiger partial charge in [0.05, 0.1) is 19.1 Å². The van der Waals surface area contributed by atoms with E-state index in [9.17, 15) is 19.5 Å². The summed E-state index contributed by atoms with van der Waals surface area (Å²) in [6, 6.07) is 2.24. The van der Waals surface area contributed by atoms with E-state index >= 15 is 0 Å². The quantitative estimate of drug-likeness (QED) is 0.292. The summed E-state index contributed by atoms with van der Waals surface area (Å²) in [5, 5.41) is 21.3. The molecule has 9 nitrogen and oxygen atoms in total. The number of aromatic hydroxyl groups is 1. The third-order valence-electron chi connectivity index (χ3n) is 4.26. The van der Waals surface area contributed by atoms with Crippen molar-refractivity contribution >= 4 is 52.2 Å². The Balaban J connectivity index is 2.16. The molecule has 0 bridgehead atoms. The van der Waals surface area contributed by atoms with Crippen LogP contribution in [0.25, 0.3) is 6.08 Å². The van der Waals surface area contributed by atoms with Crippen molar-refractivity contribution in [1.29, 1.82) is 0 Å². The van der Waals surface area contributed by atoms with Crippen LogP contribution in [-0.4, -0.2) is 64.0 Å². The van der Waals surface area contributed by atoms with Crippen molar-refractivity contribution in [3.63, 3.8) is 0 Å². The van der Waals surface area contributed by atoms with E-state index < -0.39 is 23.8 Å². The van der Waals surface area contributed by atoms with E-state index in [1.165, 1.54) is 19.1 Å². The molecule has 0 spiro atoms. The number of methoxy groups -OCH3 is 2. The number of phenolic OH excluding ortho intramolecular Hbond substituents is 1. The number of rotatable bonds is 9. The molecule has 2 rings (SSSR count). The molecule has 0 aromatic heterocycles. The minimum atomic E-state index is -0.943. The van der Waals surface area contributed by atoms with E-state index in [0.717, 1.165) is 11.8 Å². The number of thiocarbonyl (C=S) groups is 1. The second-order valence-corrected chi connectivity index (χ2v) is 7.97. The molecule has 11 heteroatoms. The summed E-state index contributed by atoms with van der Waals surface area (Å²) >= 11 is 6.33. The van der Waals surface area contributed by atoms with E-state index in [0.29, 0.717) is 10.5 Å². The number of nitrogens with one attached hydrogen (secondary N) is 1. The van der Waals surface area contributed by atoms with Crippen molar-refractivity contribution in [2.45, 2.75) is 25.8 Å². The fourth-order valence-electron chi connectivity index (χ4n) is 2.68. The van der Waals surface area contributed by atoms with E-state index in [2.05, 4.69) is 5.32 Å². The van der Waals surface area contributed by atoms with Crippen LogP contribution in [0.5, 0.6) is 17.2 Å². The Morgan fingerprint density at radius 2 is 1.90 bits per heavy atom. The molecule has 1 aliphatic heterocycles. The number of hydrogen-bond donors (Lipinski definition) is 3. The fraction of sp³-hybridized carbons (Fsp3) is 0.368. The zero-order valence-corrected chi connectivity index (χ0v) is 18.3. The highest BCUT2D eigenvalue weighted by Gasteiger charge is 2.38. The average Bonchev–Trinajstić information content (AvgIpc) is 2.98. The summed E-state index contributed by atoms with van der Waals surface area (Å²) in [6.45, 7) is 1.74. The number of amides is 2. The second-order valence-electron chi connectivity index (χ2n) is 6.29. The number of carboxylic acid groups (broad SMARTS) is 1. The SMILES string of the molecule is COc1cc(/C=C2\SC(=S)N(C(C)C(=O)NCCCC(=O)O)C2=O)cc(OC)c1O. The highest BCUT2D eigenvalue weighted by Crippen LogP contribution is 2.39. The first-order valence-corrected chi connectivity index (χ1v) is 10.1. The van der Waals surface area contributed by atoms with Crippen molar-refractivity contribution < 1.29 is 34.1 Å². The number of thioether (sulfide) groups is 1. The van der Waals surface area contributed by atoms with Gasteiger partial charge in [0.2, 0.25) is 11.7 Å². The molecule has 1 heterocycles. The highest BCUT2D eigenvalue weighted by atomic mass is 32.2. The van der Waals surface area contributed by atoms with Gasteiger partial charge >= 0.3 is 5.97 Å². The lowest BCUT2D eigenvalue weighted by molar-refractivity contribution is -0.137. The molecule has 0 radical (unpaired) electrons. The molecule has 0 aliphatic carbocycles. The van der Waals surface area contributed by atoms with Gasteiger partial charge in [0, 0.05) is 13.0 Å². The molecule has 0 saturated carbocycles. The van der Waals surface area contributed by atoms with Gasteiger partial charge in [-0.1, -0.05) is 24.0 Å². The molecule has 1 aliphatic rings. The Kier molecular flexibility index (Phi) is 8.07. The van der Waals surface area contributed by atoms with Crippen molar-refractivity contribution in [3.05, 3.63) is 22.6 Å². The topological polar surface area (TPSA) is 125 Å². The number of hydrogen-bond acceptors (Lipinski definition) is 8. The number of nitrogens with zero attached hydrogens (tertiary/aromatic N) is 1. The van der Waals surface area contributed by atoms with Crippen LogP contribution in [-0.2, 0) is 14.4 Å². The van der Waals surface area contributed by atoms with Crippen molar-refractivity contribution in [1.82, 2.24) is 10.2 Å². The molecule has 2 amide bonds. The molecule has 1 aromatic rings. The Morgan fingerprint density at radius 3 is 2.43 bits per heavy atom. The summed E-state index contributed by atoms with van der Waals surface area (Å²) in [7, 11) is 2.79. The average molecular weight is 455 g/mol. The van der Waals surface area contributed by atoms with Gasteiger partial charge < -0.3 is 25.0 Å². The summed E-state index contributed by atoms with van der Waals surface area (Å²) < 4.78 is 10.5. The Labute approximate surface area is 183 Å². The third kappa shape index (κ3) is 5.42. The van der Waals surface area contributed by atoms with Gasteiger partial charge in [-0.3, -0.25) is 19.3 Å². The predicted octanol–water partition coefficient (Wildman–Crippen LogP) is 1.98. The van der Waals surface area contributed by atoms with Crippen LogP contribution in [0.3, 0.4) is 0 Å². The molecule has 3 N–H and O–H groups in total. The van der Waals surface area contributed by atoms with Gasteiger partial charge in [-0.25, -0.2) is 0 Å². The van der Waals surface area contributed by atoms with Gasteiger partial charge in [0.25, 0.3) is 5.91 Å². The van der Waals surface area contributed by atoms with Crippen LogP contribution in [0.2, 0.25) is 0 Å². The Hall–Kier alpha value is -2.79. The summed E-state index contributed by atoms with van der Waals surface area (Å²) in [5.74, 6) is -1.58. The van der Waals surface area contributed by atoms with E-state index in [1.54, 1.807) is 25.1 Å². The zero-order valence-electron chi connectivity index (χ0n) is 16.6. The maximum atomic E-state index is 12.8. The van der Waals surface area contributed by atoms with Crippen LogP contribution in [0.1, 0.15) is 25.3 Å². The van der Waals surface area contributed by atoms with E-state index in [1.807, 2.05) is 0 Å². The van der Waals surface area contributed by atoms with Crippen LogP contribution in [0.4, 0.5) is 0 Å². The van der Waals surface area contributed by atoms with Crippen LogP contribution in [0.15, 0.2) is 17.0 Å². The molecule has 1 saturated heterocycles. The van der Waals surface area contributed by atoms with Crippen LogP contribution < -0.4 is 14.8 Å². The highest BCUT2D eigenvalue weighted by molar-refractivity contribution is 8.26. The number of ether oxygens (including phenoxy) is 2. The summed E-state index contributed by atoms with van der Waals surface area (Å²) in [5.41, 5.74) is 0.549. The van der Waals surface area contributed by atoms with Gasteiger partial charge in [-0.05, 0) is 37.1 Å². The maximum Gasteiger partial charge on any atom is 0.303 e. The molecule has 1 unspecified atom stereocenters. The lowest BCUT2D eigenvalue weighted by atomic mass is 10.1. The number of carbonyl (C=O) groups is 3. The van der Waals surface area contributed by atoms with Gasteiger partial charge in [0.1, 0.15) is 10.4 Å². The summed E-state index contributed by atoms with van der Waals surface area (Å²) in [4.78, 5) is 37.2. The maximum absolute atomic E-state index is 12.8. The molecular weight excluding hydrogens is 432 g/mol. The lowest BCUT2D eigenvalue weighted by Crippen LogP contribution is -2.47. The minimum Gasteiger partial charge on any atom is -0.502 e. The first kappa shape index (κ1) is 23.5. The Morgan fingerprint density at radius 1 is 1.30 bits per heavy atom. The molecule has 1 atom stereocenters.